The van der Waals surface area contributed by atoms with Crippen molar-refractivity contribution < 1.29 is 38.1 Å². The fourth-order valence-electron chi connectivity index (χ4n) is 5.97. The maximum atomic E-state index is 12.9. The summed E-state index contributed by atoms with van der Waals surface area (Å²) in [6.07, 6.45) is 17.6. The van der Waals surface area contributed by atoms with Gasteiger partial charge in [0.05, 0.1) is 0 Å². The van der Waals surface area contributed by atoms with E-state index in [-0.39, 0.29) is 48.6 Å². The minimum absolute atomic E-state index is 0.0387. The van der Waals surface area contributed by atoms with Gasteiger partial charge in [-0.2, -0.15) is 0 Å². The number of rotatable bonds is 39. The molecule has 0 aromatic rings. The molecular weight excluding hydrogens is 998 g/mol. The van der Waals surface area contributed by atoms with Crippen LogP contribution in [0.4, 0.5) is 0 Å². The second-order valence-electron chi connectivity index (χ2n) is 15.8. The van der Waals surface area contributed by atoms with Crippen molar-refractivity contribution >= 4 is 90.9 Å². The average molecular weight is 1080 g/mol. The molecule has 0 saturated heterocycles. The molecule has 0 aliphatic heterocycles. The fraction of sp³-hybridized carbons (Fsp3) is 0.905. The summed E-state index contributed by atoms with van der Waals surface area (Å²) in [4.78, 5) is 51.3. The van der Waals surface area contributed by atoms with Gasteiger partial charge in [-0.15, -0.1) is 0 Å². The van der Waals surface area contributed by atoms with E-state index in [0.717, 1.165) is 94.8 Å². The Kier molecular flexibility index (Phi) is 38.2. The number of hydrogen-bond donors (Lipinski definition) is 0. The molecule has 0 saturated carbocycles. The summed E-state index contributed by atoms with van der Waals surface area (Å²) in [5, 5.41) is 0. The molecule has 0 aliphatic rings. The third-order valence-electron chi connectivity index (χ3n) is 9.44. The minimum atomic E-state index is -2.98. The van der Waals surface area contributed by atoms with Crippen molar-refractivity contribution in [3.63, 3.8) is 0 Å². The Bertz CT molecular complexity index is 927. The van der Waals surface area contributed by atoms with Crippen molar-refractivity contribution in [2.24, 2.45) is 11.8 Å². The Labute approximate surface area is 362 Å². The van der Waals surface area contributed by atoms with Gasteiger partial charge in [0.2, 0.25) is 0 Å². The summed E-state index contributed by atoms with van der Waals surface area (Å²) >= 11 is -5.96. The molecule has 0 atom stereocenters. The van der Waals surface area contributed by atoms with Crippen LogP contribution >= 0.6 is 35.8 Å². The summed E-state index contributed by atoms with van der Waals surface area (Å²) in [5.74, 6) is 1.86. The van der Waals surface area contributed by atoms with E-state index in [2.05, 4.69) is 55.4 Å². The second kappa shape index (κ2) is 37.6. The van der Waals surface area contributed by atoms with Crippen LogP contribution in [0.3, 0.4) is 0 Å². The van der Waals surface area contributed by atoms with Gasteiger partial charge in [0.25, 0.3) is 0 Å². The van der Waals surface area contributed by atoms with Crippen molar-refractivity contribution in [3.05, 3.63) is 0 Å². The van der Waals surface area contributed by atoms with Crippen LogP contribution in [0.2, 0.25) is 17.7 Å². The summed E-state index contributed by atoms with van der Waals surface area (Å²) in [5.41, 5.74) is 0. The Morgan fingerprint density at radius 1 is 0.393 bits per heavy atom. The zero-order valence-corrected chi connectivity index (χ0v) is 45.8. The van der Waals surface area contributed by atoms with Crippen LogP contribution in [0.5, 0.6) is 0 Å². The first-order valence-electron chi connectivity index (χ1n) is 22.0. The van der Waals surface area contributed by atoms with Gasteiger partial charge in [-0.3, -0.25) is 0 Å². The number of hydrogen-bond acceptors (Lipinski definition) is 12. The summed E-state index contributed by atoms with van der Waals surface area (Å²) in [7, 11) is 7.24. The summed E-state index contributed by atoms with van der Waals surface area (Å²) < 4.78 is 26.8. The van der Waals surface area contributed by atoms with Gasteiger partial charge in [0, 0.05) is 0 Å². The van der Waals surface area contributed by atoms with E-state index in [9.17, 15) is 19.2 Å². The second-order valence-corrected chi connectivity index (χ2v) is 68.5. The van der Waals surface area contributed by atoms with E-state index >= 15 is 0 Å². The van der Waals surface area contributed by atoms with Gasteiger partial charge in [-0.1, -0.05) is 0 Å². The third kappa shape index (κ3) is 32.6. The molecule has 14 heteroatoms. The van der Waals surface area contributed by atoms with Gasteiger partial charge >= 0.3 is 366 Å². The van der Waals surface area contributed by atoms with Crippen LogP contribution in [0.15, 0.2) is 0 Å². The first-order chi connectivity index (χ1) is 26.9. The molecule has 0 radical (unpaired) electrons. The Morgan fingerprint density at radius 3 is 0.911 bits per heavy atom. The molecule has 0 spiro atoms. The SMILES string of the molecule is CCC[CH2][Sn]([CH2]CCC)([S]CC(=O)OCCCCCC(C)C)[S]CC(=O)OCCOC(=O)C[S][Sn]([CH2]CCC)([CH2]CCC)[S]CC(=O)OCCCCCC(C)C. The van der Waals surface area contributed by atoms with Gasteiger partial charge < -0.3 is 0 Å². The Hall–Kier alpha value is 0.877. The zero-order chi connectivity index (χ0) is 41.9. The molecule has 0 rings (SSSR count). The quantitative estimate of drug-likeness (QED) is 0.0253. The van der Waals surface area contributed by atoms with Crippen molar-refractivity contribution in [2.45, 2.75) is 176 Å². The summed E-state index contributed by atoms with van der Waals surface area (Å²) in [6.45, 7) is 18.8. The van der Waals surface area contributed by atoms with Crippen molar-refractivity contribution in [1.29, 1.82) is 0 Å². The van der Waals surface area contributed by atoms with Crippen LogP contribution in [0.25, 0.3) is 0 Å². The Balaban J connectivity index is 4.97. The van der Waals surface area contributed by atoms with Gasteiger partial charge in [0.1, 0.15) is 0 Å². The molecule has 0 fully saturated rings. The molecule has 0 amide bonds. The van der Waals surface area contributed by atoms with E-state index in [1.807, 2.05) is 17.9 Å². The summed E-state index contributed by atoms with van der Waals surface area (Å²) in [6, 6.07) is 0. The number of ether oxygens (including phenoxy) is 4. The van der Waals surface area contributed by atoms with Crippen LogP contribution in [-0.4, -0.2) is 105 Å². The van der Waals surface area contributed by atoms with Crippen molar-refractivity contribution in [3.8, 4) is 0 Å². The molecule has 0 bridgehead atoms. The molecule has 8 nitrogen and oxygen atoms in total. The zero-order valence-electron chi connectivity index (χ0n) is 36.9. The standard InChI is InChI=1S/2C10H20O2S.C6H10O4S2.4C4H9.2Sn/c2*1-9(2)6-4-3-5-7-12-10(11)8-13;7-5(3-11)9-1-2-10-6(8)4-12;4*1-3-4-2;;/h2*9,13H,3-8H2,1-2H3;11-12H,1-4H2;4*1,3-4H2,2H3;;/q;;;;;;;2*+2/p-4. The molecule has 0 aliphatic carbocycles. The molecule has 56 heavy (non-hydrogen) atoms. The van der Waals surface area contributed by atoms with Crippen molar-refractivity contribution in [1.82, 2.24) is 0 Å². The normalized spacial score (nSPS) is 12.0. The van der Waals surface area contributed by atoms with E-state index in [1.165, 1.54) is 25.7 Å². The predicted molar refractivity (Wildman–Crippen MR) is 251 cm³/mol. The molecule has 0 aromatic heterocycles. The molecule has 0 unspecified atom stereocenters. The third-order valence-corrected chi connectivity index (χ3v) is 69.2. The average Bonchev–Trinajstić information content (AvgIpc) is 3.17. The van der Waals surface area contributed by atoms with Crippen LogP contribution < -0.4 is 0 Å². The van der Waals surface area contributed by atoms with E-state index in [0.29, 0.717) is 36.6 Å². The number of unbranched alkanes of at least 4 members (excludes halogenated alkanes) is 8. The van der Waals surface area contributed by atoms with E-state index in [1.54, 1.807) is 17.9 Å². The van der Waals surface area contributed by atoms with Crippen molar-refractivity contribution in [2.75, 3.05) is 49.4 Å². The predicted octanol–water partition coefficient (Wildman–Crippen LogP) is 12.6. The van der Waals surface area contributed by atoms with Gasteiger partial charge in [-0.25, -0.2) is 0 Å². The fourth-order valence-corrected chi connectivity index (χ4v) is 61.0. The van der Waals surface area contributed by atoms with Crippen LogP contribution in [-0.2, 0) is 38.1 Å². The van der Waals surface area contributed by atoms with E-state index in [4.69, 9.17) is 18.9 Å². The molecule has 0 aromatic carbocycles. The molecule has 0 heterocycles. The van der Waals surface area contributed by atoms with Crippen LogP contribution in [0, 0.1) is 11.8 Å². The monoisotopic (exact) mass is 1080 g/mol. The molecular formula is C42H82O8S4Sn2. The molecule has 0 N–H and O–H groups in total. The maximum absolute atomic E-state index is 12.9. The van der Waals surface area contributed by atoms with Gasteiger partial charge in [-0.05, 0) is 0 Å². The van der Waals surface area contributed by atoms with Crippen LogP contribution in [0.1, 0.15) is 158 Å². The number of carbonyl (C=O) groups excluding carboxylic acids is 4. The topological polar surface area (TPSA) is 105 Å². The Morgan fingerprint density at radius 2 is 0.661 bits per heavy atom. The number of carbonyl (C=O) groups is 4. The first kappa shape index (κ1) is 56.9. The molecule has 330 valence electrons. The number of esters is 4. The first-order valence-corrected chi connectivity index (χ1v) is 48.0. The van der Waals surface area contributed by atoms with E-state index < -0.39 is 31.2 Å². The van der Waals surface area contributed by atoms with Gasteiger partial charge in [0.15, 0.2) is 0 Å².